The minimum absolute atomic E-state index is 0.154. The minimum atomic E-state index is -0.563. The fourth-order valence-corrected chi connectivity index (χ4v) is 1.33. The van der Waals surface area contributed by atoms with E-state index in [2.05, 4.69) is 5.32 Å². The molecule has 1 aromatic carbocycles. The van der Waals surface area contributed by atoms with Crippen molar-refractivity contribution >= 4 is 17.6 Å². The Balaban J connectivity index is 2.65. The van der Waals surface area contributed by atoms with Crippen LogP contribution in [-0.4, -0.2) is 17.5 Å². The van der Waals surface area contributed by atoms with Crippen molar-refractivity contribution < 1.29 is 14.3 Å². The van der Waals surface area contributed by atoms with Gasteiger partial charge in [0.25, 0.3) is 0 Å². The summed E-state index contributed by atoms with van der Waals surface area (Å²) in [7, 11) is 0. The molecule has 0 aliphatic rings. The molecule has 0 spiro atoms. The van der Waals surface area contributed by atoms with Gasteiger partial charge in [0.15, 0.2) is 5.78 Å². The number of benzene rings is 1. The number of ether oxygens (including phenoxy) is 1. The summed E-state index contributed by atoms with van der Waals surface area (Å²) in [6.07, 6.45) is -0.706. The van der Waals surface area contributed by atoms with E-state index >= 15 is 0 Å². The number of carbonyl (C=O) groups excluding carboxylic acids is 2. The van der Waals surface area contributed by atoms with Crippen LogP contribution in [0.1, 0.15) is 37.6 Å². The molecule has 0 aliphatic carbocycles. The molecule has 19 heavy (non-hydrogen) atoms. The monoisotopic (exact) mass is 260 g/mol. The number of anilines is 1. The van der Waals surface area contributed by atoms with Crippen molar-refractivity contribution in [2.45, 2.75) is 32.8 Å². The van der Waals surface area contributed by atoms with E-state index in [9.17, 15) is 9.59 Å². The van der Waals surface area contributed by atoms with Gasteiger partial charge in [-0.3, -0.25) is 10.1 Å². The van der Waals surface area contributed by atoms with E-state index < -0.39 is 11.7 Å². The second-order valence-corrected chi connectivity index (χ2v) is 4.96. The van der Waals surface area contributed by atoms with Gasteiger partial charge in [-0.25, -0.2) is 4.79 Å². The van der Waals surface area contributed by atoms with E-state index in [1.54, 1.807) is 51.1 Å². The molecule has 0 aromatic heterocycles. The Labute approximate surface area is 112 Å². The summed E-state index contributed by atoms with van der Waals surface area (Å²) in [5, 5.41) is 11.0. The third kappa shape index (κ3) is 5.21. The average Bonchev–Trinajstić information content (AvgIpc) is 2.27. The standard InChI is InChI=1S/C14H16N2O3/c1-14(2,3)19-13(18)16-11-6-4-10(5-7-11)12(17)8-9-15/h4-7H,8H2,1-3H3,(H,16,18). The van der Waals surface area contributed by atoms with Gasteiger partial charge in [-0.05, 0) is 45.0 Å². The SMILES string of the molecule is CC(C)(C)OC(=O)Nc1ccc(C(=O)CC#N)cc1. The minimum Gasteiger partial charge on any atom is -0.444 e. The Kier molecular flexibility index (Phi) is 4.65. The first-order valence-corrected chi connectivity index (χ1v) is 5.82. The maximum Gasteiger partial charge on any atom is 0.412 e. The van der Waals surface area contributed by atoms with Crippen molar-refractivity contribution in [3.63, 3.8) is 0 Å². The zero-order valence-electron chi connectivity index (χ0n) is 11.2. The Morgan fingerprint density at radius 1 is 1.26 bits per heavy atom. The predicted octanol–water partition coefficient (Wildman–Crippen LogP) is 3.13. The number of ketones is 1. The van der Waals surface area contributed by atoms with E-state index in [0.717, 1.165) is 0 Å². The lowest BCUT2D eigenvalue weighted by Crippen LogP contribution is -2.27. The molecule has 0 radical (unpaired) electrons. The average molecular weight is 260 g/mol. The molecule has 5 heteroatoms. The summed E-state index contributed by atoms with van der Waals surface area (Å²) >= 11 is 0. The Morgan fingerprint density at radius 3 is 2.32 bits per heavy atom. The van der Waals surface area contributed by atoms with Crippen LogP contribution in [0.15, 0.2) is 24.3 Å². The molecular weight excluding hydrogens is 244 g/mol. The molecule has 0 saturated heterocycles. The second-order valence-electron chi connectivity index (χ2n) is 4.96. The van der Waals surface area contributed by atoms with Gasteiger partial charge in [0.2, 0.25) is 0 Å². The van der Waals surface area contributed by atoms with Crippen LogP contribution in [0.5, 0.6) is 0 Å². The van der Waals surface area contributed by atoms with E-state index in [4.69, 9.17) is 10.00 Å². The van der Waals surface area contributed by atoms with E-state index in [0.29, 0.717) is 11.3 Å². The van der Waals surface area contributed by atoms with Crippen LogP contribution in [0.3, 0.4) is 0 Å². The number of hydrogen-bond donors (Lipinski definition) is 1. The van der Waals surface area contributed by atoms with Gasteiger partial charge in [0, 0.05) is 11.3 Å². The fraction of sp³-hybridized carbons (Fsp3) is 0.357. The molecular formula is C14H16N2O3. The van der Waals surface area contributed by atoms with Gasteiger partial charge >= 0.3 is 6.09 Å². The van der Waals surface area contributed by atoms with Crippen molar-refractivity contribution in [2.75, 3.05) is 5.32 Å². The summed E-state index contributed by atoms with van der Waals surface area (Å²) in [5.41, 5.74) is 0.409. The highest BCUT2D eigenvalue weighted by Gasteiger charge is 2.16. The summed E-state index contributed by atoms with van der Waals surface area (Å²) in [5.74, 6) is -0.244. The molecule has 5 nitrogen and oxygen atoms in total. The first-order chi connectivity index (χ1) is 8.81. The lowest BCUT2D eigenvalue weighted by atomic mass is 10.1. The van der Waals surface area contributed by atoms with Crippen LogP contribution < -0.4 is 5.32 Å². The molecule has 1 aromatic rings. The molecule has 1 amide bonds. The lowest BCUT2D eigenvalue weighted by molar-refractivity contribution is 0.0636. The number of hydrogen-bond acceptors (Lipinski definition) is 4. The summed E-state index contributed by atoms with van der Waals surface area (Å²) in [6, 6.07) is 8.11. The van der Waals surface area contributed by atoms with Crippen molar-refractivity contribution in [3.05, 3.63) is 29.8 Å². The summed E-state index contributed by atoms with van der Waals surface area (Å²) in [6.45, 7) is 5.32. The number of nitrogens with one attached hydrogen (secondary N) is 1. The van der Waals surface area contributed by atoms with Crippen molar-refractivity contribution in [2.24, 2.45) is 0 Å². The summed E-state index contributed by atoms with van der Waals surface area (Å²) < 4.78 is 5.10. The van der Waals surface area contributed by atoms with E-state index in [1.165, 1.54) is 0 Å². The van der Waals surface area contributed by atoms with Crippen LogP contribution in [0, 0.1) is 11.3 Å². The molecule has 0 heterocycles. The van der Waals surface area contributed by atoms with Gasteiger partial charge < -0.3 is 4.74 Å². The molecule has 100 valence electrons. The number of carbonyl (C=O) groups is 2. The summed E-state index contributed by atoms with van der Waals surface area (Å²) in [4.78, 5) is 22.9. The third-order valence-electron chi connectivity index (χ3n) is 2.09. The fourth-order valence-electron chi connectivity index (χ4n) is 1.33. The van der Waals surface area contributed by atoms with Crippen molar-refractivity contribution in [1.82, 2.24) is 0 Å². The Morgan fingerprint density at radius 2 is 1.84 bits per heavy atom. The zero-order chi connectivity index (χ0) is 14.5. The second kappa shape index (κ2) is 6.01. The van der Waals surface area contributed by atoms with Crippen LogP contribution in [-0.2, 0) is 4.74 Å². The number of Topliss-reactive ketones (excluding diaryl/α,β-unsaturated/α-hetero) is 1. The van der Waals surface area contributed by atoms with Crippen LogP contribution in [0.2, 0.25) is 0 Å². The zero-order valence-corrected chi connectivity index (χ0v) is 11.2. The smallest absolute Gasteiger partial charge is 0.412 e. The molecule has 1 N–H and O–H groups in total. The van der Waals surface area contributed by atoms with Gasteiger partial charge in [-0.15, -0.1) is 0 Å². The number of nitrogens with zero attached hydrogens (tertiary/aromatic N) is 1. The highest BCUT2D eigenvalue weighted by molar-refractivity contribution is 5.98. The van der Waals surface area contributed by atoms with Crippen LogP contribution in [0.4, 0.5) is 10.5 Å². The maximum atomic E-state index is 11.5. The van der Waals surface area contributed by atoms with E-state index in [-0.39, 0.29) is 12.2 Å². The molecule has 0 bridgehead atoms. The molecule has 0 unspecified atom stereocenters. The van der Waals surface area contributed by atoms with Crippen molar-refractivity contribution in [1.29, 1.82) is 5.26 Å². The number of rotatable bonds is 3. The molecule has 0 aliphatic heterocycles. The first-order valence-electron chi connectivity index (χ1n) is 5.82. The number of nitriles is 1. The predicted molar refractivity (Wildman–Crippen MR) is 70.9 cm³/mol. The molecule has 0 fully saturated rings. The van der Waals surface area contributed by atoms with E-state index in [1.807, 2.05) is 0 Å². The van der Waals surface area contributed by atoms with Crippen LogP contribution >= 0.6 is 0 Å². The van der Waals surface area contributed by atoms with Gasteiger partial charge in [0.1, 0.15) is 5.60 Å². The topological polar surface area (TPSA) is 79.2 Å². The molecule has 0 saturated carbocycles. The highest BCUT2D eigenvalue weighted by atomic mass is 16.6. The van der Waals surface area contributed by atoms with Gasteiger partial charge in [-0.2, -0.15) is 5.26 Å². The van der Waals surface area contributed by atoms with Crippen LogP contribution in [0.25, 0.3) is 0 Å². The molecule has 0 atom stereocenters. The number of amides is 1. The largest absolute Gasteiger partial charge is 0.444 e. The van der Waals surface area contributed by atoms with Gasteiger partial charge in [0.05, 0.1) is 12.5 Å². The first kappa shape index (κ1) is 14.7. The maximum absolute atomic E-state index is 11.5. The third-order valence-corrected chi connectivity index (χ3v) is 2.09. The lowest BCUT2D eigenvalue weighted by Gasteiger charge is -2.19. The Hall–Kier alpha value is -2.35. The Bertz CT molecular complexity index is 507. The van der Waals surface area contributed by atoms with Crippen molar-refractivity contribution in [3.8, 4) is 6.07 Å². The quantitative estimate of drug-likeness (QED) is 0.847. The highest BCUT2D eigenvalue weighted by Crippen LogP contribution is 2.13. The van der Waals surface area contributed by atoms with Gasteiger partial charge in [-0.1, -0.05) is 0 Å². The normalized spacial score (nSPS) is 10.4. The molecule has 1 rings (SSSR count).